The van der Waals surface area contributed by atoms with E-state index in [0.717, 1.165) is 0 Å². The number of hydrogen-bond donors (Lipinski definition) is 3. The van der Waals surface area contributed by atoms with Crippen LogP contribution in [0.15, 0.2) is 30.5 Å². The van der Waals surface area contributed by atoms with E-state index in [1.807, 2.05) is 0 Å². The molecule has 0 saturated carbocycles. The van der Waals surface area contributed by atoms with Gasteiger partial charge in [0.2, 0.25) is 0 Å². The second kappa shape index (κ2) is 4.75. The third kappa shape index (κ3) is 2.26. The summed E-state index contributed by atoms with van der Waals surface area (Å²) in [4.78, 5) is 3.97. The van der Waals surface area contributed by atoms with Crippen molar-refractivity contribution in [3.63, 3.8) is 0 Å². The highest BCUT2D eigenvalue weighted by atomic mass is 19.1. The topological polar surface area (TPSA) is 73.6 Å². The van der Waals surface area contributed by atoms with E-state index in [0.29, 0.717) is 10.9 Å². The molecule has 17 heavy (non-hydrogen) atoms. The summed E-state index contributed by atoms with van der Waals surface area (Å²) in [6, 6.07) is 6.03. The third-order valence-electron chi connectivity index (χ3n) is 2.59. The molecule has 5 heteroatoms. The highest BCUT2D eigenvalue weighted by molar-refractivity contribution is 5.79. The van der Waals surface area contributed by atoms with Gasteiger partial charge in [-0.25, -0.2) is 4.39 Å². The molecule has 4 nitrogen and oxygen atoms in total. The smallest absolute Gasteiger partial charge is 0.131 e. The van der Waals surface area contributed by atoms with Gasteiger partial charge in [0, 0.05) is 23.2 Å². The number of nitrogens with zero attached hydrogens (tertiary/aromatic N) is 1. The molecule has 1 heterocycles. The van der Waals surface area contributed by atoms with E-state index in [4.69, 9.17) is 5.11 Å². The van der Waals surface area contributed by atoms with E-state index in [9.17, 15) is 14.6 Å². The number of pyridine rings is 1. The van der Waals surface area contributed by atoms with Gasteiger partial charge in [0.25, 0.3) is 0 Å². The molecule has 0 radical (unpaired) electrons. The zero-order valence-corrected chi connectivity index (χ0v) is 8.92. The van der Waals surface area contributed by atoms with Crippen LogP contribution in [-0.2, 0) is 0 Å². The Hall–Kier alpha value is -1.56. The van der Waals surface area contributed by atoms with Gasteiger partial charge < -0.3 is 15.3 Å². The van der Waals surface area contributed by atoms with Gasteiger partial charge in [0.1, 0.15) is 18.0 Å². The van der Waals surface area contributed by atoms with Gasteiger partial charge in [-0.1, -0.05) is 6.07 Å². The van der Waals surface area contributed by atoms with Crippen LogP contribution in [0.1, 0.15) is 11.7 Å². The van der Waals surface area contributed by atoms with Crippen molar-refractivity contribution in [3.05, 3.63) is 41.8 Å². The molecule has 1 aromatic carbocycles. The first-order valence-electron chi connectivity index (χ1n) is 5.14. The monoisotopic (exact) mass is 237 g/mol. The van der Waals surface area contributed by atoms with Gasteiger partial charge in [-0.05, 0) is 12.1 Å². The summed E-state index contributed by atoms with van der Waals surface area (Å²) in [6.07, 6.45) is -1.32. The molecule has 2 aromatic rings. The summed E-state index contributed by atoms with van der Waals surface area (Å²) in [5.74, 6) is -0.656. The highest BCUT2D eigenvalue weighted by Gasteiger charge is 2.21. The van der Waals surface area contributed by atoms with E-state index in [2.05, 4.69) is 4.98 Å². The van der Waals surface area contributed by atoms with Crippen LogP contribution in [0.4, 0.5) is 4.39 Å². The minimum atomic E-state index is -1.45. The summed E-state index contributed by atoms with van der Waals surface area (Å²) < 4.78 is 13.7. The molecule has 2 atom stereocenters. The standard InChI is InChI=1S/C12H12FNO3/c13-9-5-10-7(2-1-3-14-10)4-8(9)12(17)11(16)6-15/h1-5,11-12,15-17H,6H2. The molecular weight excluding hydrogens is 225 g/mol. The minimum absolute atomic E-state index is 0.0490. The van der Waals surface area contributed by atoms with Gasteiger partial charge in [0.05, 0.1) is 12.1 Å². The molecule has 2 unspecified atom stereocenters. The molecule has 90 valence electrons. The van der Waals surface area contributed by atoms with Crippen LogP contribution in [0, 0.1) is 5.82 Å². The molecule has 0 amide bonds. The van der Waals surface area contributed by atoms with Crippen molar-refractivity contribution in [3.8, 4) is 0 Å². The summed E-state index contributed by atoms with van der Waals surface area (Å²) in [5, 5.41) is 28.3. The second-order valence-corrected chi connectivity index (χ2v) is 3.76. The lowest BCUT2D eigenvalue weighted by Crippen LogP contribution is -2.22. The Bertz CT molecular complexity index is 532. The van der Waals surface area contributed by atoms with Crippen LogP contribution in [0.3, 0.4) is 0 Å². The number of fused-ring (bicyclic) bond motifs is 1. The first-order valence-corrected chi connectivity index (χ1v) is 5.14. The number of rotatable bonds is 3. The predicted octanol–water partition coefficient (Wildman–Crippen LogP) is 0.761. The Morgan fingerprint density at radius 2 is 2.06 bits per heavy atom. The Balaban J connectivity index is 2.50. The first kappa shape index (κ1) is 11.9. The highest BCUT2D eigenvalue weighted by Crippen LogP contribution is 2.24. The molecule has 0 saturated heterocycles. The van der Waals surface area contributed by atoms with Gasteiger partial charge >= 0.3 is 0 Å². The maximum atomic E-state index is 13.7. The summed E-state index contributed by atoms with van der Waals surface area (Å²) in [6.45, 7) is -0.633. The van der Waals surface area contributed by atoms with Crippen LogP contribution in [0.25, 0.3) is 10.9 Å². The largest absolute Gasteiger partial charge is 0.394 e. The fourth-order valence-electron chi connectivity index (χ4n) is 1.65. The Kier molecular flexibility index (Phi) is 3.33. The van der Waals surface area contributed by atoms with E-state index in [1.165, 1.54) is 12.1 Å². The normalized spacial score (nSPS) is 14.8. The zero-order chi connectivity index (χ0) is 12.4. The number of halogens is 1. The van der Waals surface area contributed by atoms with Crippen LogP contribution in [0.2, 0.25) is 0 Å². The lowest BCUT2D eigenvalue weighted by atomic mass is 10.0. The van der Waals surface area contributed by atoms with Crippen molar-refractivity contribution in [1.29, 1.82) is 0 Å². The third-order valence-corrected chi connectivity index (χ3v) is 2.59. The Labute approximate surface area is 97.0 Å². The Morgan fingerprint density at radius 1 is 1.29 bits per heavy atom. The zero-order valence-electron chi connectivity index (χ0n) is 8.92. The lowest BCUT2D eigenvalue weighted by Gasteiger charge is -2.17. The lowest BCUT2D eigenvalue weighted by molar-refractivity contribution is -0.0167. The van der Waals surface area contributed by atoms with Crippen molar-refractivity contribution in [1.82, 2.24) is 4.98 Å². The van der Waals surface area contributed by atoms with Crippen molar-refractivity contribution < 1.29 is 19.7 Å². The number of benzene rings is 1. The van der Waals surface area contributed by atoms with Crippen LogP contribution in [0.5, 0.6) is 0 Å². The van der Waals surface area contributed by atoms with Crippen LogP contribution < -0.4 is 0 Å². The molecule has 0 bridgehead atoms. The van der Waals surface area contributed by atoms with Gasteiger partial charge in [-0.2, -0.15) is 0 Å². The van der Waals surface area contributed by atoms with E-state index >= 15 is 0 Å². The average molecular weight is 237 g/mol. The Morgan fingerprint density at radius 3 is 2.76 bits per heavy atom. The van der Waals surface area contributed by atoms with Gasteiger partial charge in [-0.15, -0.1) is 0 Å². The molecule has 0 aliphatic carbocycles. The van der Waals surface area contributed by atoms with Crippen molar-refractivity contribution >= 4 is 10.9 Å². The maximum Gasteiger partial charge on any atom is 0.131 e. The fraction of sp³-hybridized carbons (Fsp3) is 0.250. The molecule has 3 N–H and O–H groups in total. The van der Waals surface area contributed by atoms with Crippen LogP contribution in [-0.4, -0.2) is 33.0 Å². The number of hydrogen-bond acceptors (Lipinski definition) is 4. The molecule has 0 spiro atoms. The quantitative estimate of drug-likeness (QED) is 0.737. The summed E-state index contributed by atoms with van der Waals surface area (Å²) in [5.41, 5.74) is 0.423. The van der Waals surface area contributed by atoms with E-state index in [1.54, 1.807) is 18.3 Å². The summed E-state index contributed by atoms with van der Waals surface area (Å²) in [7, 11) is 0. The molecule has 1 aromatic heterocycles. The van der Waals surface area contributed by atoms with Crippen molar-refractivity contribution in [2.75, 3.05) is 6.61 Å². The first-order chi connectivity index (χ1) is 8.13. The predicted molar refractivity (Wildman–Crippen MR) is 59.8 cm³/mol. The fourth-order valence-corrected chi connectivity index (χ4v) is 1.65. The van der Waals surface area contributed by atoms with Crippen molar-refractivity contribution in [2.24, 2.45) is 0 Å². The number of aromatic nitrogens is 1. The molecule has 0 aliphatic heterocycles. The maximum absolute atomic E-state index is 13.7. The van der Waals surface area contributed by atoms with Gasteiger partial charge in [-0.3, -0.25) is 4.98 Å². The van der Waals surface area contributed by atoms with Crippen LogP contribution >= 0.6 is 0 Å². The molecule has 2 rings (SSSR count). The van der Waals surface area contributed by atoms with E-state index in [-0.39, 0.29) is 5.56 Å². The number of aliphatic hydroxyl groups excluding tert-OH is 3. The summed E-state index contributed by atoms with van der Waals surface area (Å²) >= 11 is 0. The minimum Gasteiger partial charge on any atom is -0.394 e. The van der Waals surface area contributed by atoms with Crippen molar-refractivity contribution in [2.45, 2.75) is 12.2 Å². The number of aliphatic hydroxyl groups is 3. The van der Waals surface area contributed by atoms with E-state index < -0.39 is 24.6 Å². The molecule has 0 aliphatic rings. The molecular formula is C12H12FNO3. The SMILES string of the molecule is OCC(O)C(O)c1cc2cccnc2cc1F. The van der Waals surface area contributed by atoms with Gasteiger partial charge in [0.15, 0.2) is 0 Å². The average Bonchev–Trinajstić information content (AvgIpc) is 2.36. The molecule has 0 fully saturated rings. The second-order valence-electron chi connectivity index (χ2n) is 3.76.